The number of nitrogens with zero attached hydrogens (tertiary/aromatic N) is 4. The van der Waals surface area contributed by atoms with E-state index in [0.717, 1.165) is 58.9 Å². The number of carbonyl (C=O) groups excluding carboxylic acids is 1. The summed E-state index contributed by atoms with van der Waals surface area (Å²) in [6, 6.07) is 4.34. The van der Waals surface area contributed by atoms with Gasteiger partial charge in [0.1, 0.15) is 19.3 Å². The average Bonchev–Trinajstić information content (AvgIpc) is 3.26. The number of aromatic nitrogens is 3. The molecule has 220 valence electrons. The summed E-state index contributed by atoms with van der Waals surface area (Å²) >= 11 is 2.29. The molecule has 12 heteroatoms. The summed E-state index contributed by atoms with van der Waals surface area (Å²) in [5, 5.41) is 4.66. The first-order chi connectivity index (χ1) is 18.3. The molecule has 0 radical (unpaired) electrons. The Labute approximate surface area is 249 Å². The van der Waals surface area contributed by atoms with E-state index in [4.69, 9.17) is 23.9 Å². The Balaban J connectivity index is 1.87. The second-order valence-corrected chi connectivity index (χ2v) is 25.4. The molecular weight excluding hydrogens is 643 g/mol. The molecule has 2 aromatic rings. The average molecular weight is 691 g/mol. The summed E-state index contributed by atoms with van der Waals surface area (Å²) in [5.41, 5.74) is 0.956. The highest BCUT2D eigenvalue weighted by Gasteiger charge is 2.44. The summed E-state index contributed by atoms with van der Waals surface area (Å²) in [7, 11) is 0.614. The Morgan fingerprint density at radius 1 is 1.05 bits per heavy atom. The minimum absolute atomic E-state index is 0.204. The lowest BCUT2D eigenvalue weighted by molar-refractivity contribution is -0.170. The molecule has 2 heterocycles. The van der Waals surface area contributed by atoms with E-state index < -0.39 is 21.7 Å². The first-order valence-corrected chi connectivity index (χ1v) is 22.4. The number of hydrogen-bond acceptors (Lipinski definition) is 8. The van der Waals surface area contributed by atoms with Gasteiger partial charge in [-0.25, -0.2) is 9.78 Å². The lowest BCUT2D eigenvalue weighted by Gasteiger charge is -2.36. The summed E-state index contributed by atoms with van der Waals surface area (Å²) in [6.45, 7) is 16.5. The highest BCUT2D eigenvalue weighted by Crippen LogP contribution is 2.41. The third-order valence-corrected chi connectivity index (χ3v) is 11.6. The number of methoxy groups -OCH3 is 2. The molecule has 3 rings (SSSR count). The Morgan fingerprint density at radius 2 is 1.62 bits per heavy atom. The summed E-state index contributed by atoms with van der Waals surface area (Å²) in [5.74, 6) is 0.820. The molecule has 9 nitrogen and oxygen atoms in total. The van der Waals surface area contributed by atoms with Crippen LogP contribution in [0.15, 0.2) is 12.3 Å². The second-order valence-electron chi connectivity index (χ2n) is 13.0. The van der Waals surface area contributed by atoms with E-state index in [9.17, 15) is 4.79 Å². The van der Waals surface area contributed by atoms with E-state index in [0.29, 0.717) is 26.3 Å². The van der Waals surface area contributed by atoms with Gasteiger partial charge in [0.25, 0.3) is 0 Å². The SMILES string of the molecule is COC(=O)[C@]1(OC)CC[C@@H](c2cc(N(COCC[Si](C)(C)C)COCC[Si](C)(C)C)n3ncc(I)c3n2)CC1. The number of anilines is 1. The van der Waals surface area contributed by atoms with Crippen LogP contribution in [0.1, 0.15) is 37.3 Å². The van der Waals surface area contributed by atoms with Gasteiger partial charge in [-0.05, 0) is 60.4 Å². The van der Waals surface area contributed by atoms with Crippen LogP contribution in [-0.2, 0) is 23.7 Å². The maximum Gasteiger partial charge on any atom is 0.338 e. The van der Waals surface area contributed by atoms with Gasteiger partial charge in [0.2, 0.25) is 0 Å². The molecule has 0 saturated heterocycles. The van der Waals surface area contributed by atoms with Crippen LogP contribution in [0.3, 0.4) is 0 Å². The number of halogens is 1. The third kappa shape index (κ3) is 8.96. The van der Waals surface area contributed by atoms with Crippen LogP contribution >= 0.6 is 22.6 Å². The third-order valence-electron chi connectivity index (χ3n) is 7.40. The predicted octanol–water partition coefficient (Wildman–Crippen LogP) is 5.98. The minimum atomic E-state index is -1.20. The van der Waals surface area contributed by atoms with Gasteiger partial charge in [-0.2, -0.15) is 9.61 Å². The summed E-state index contributed by atoms with van der Waals surface area (Å²) in [6.07, 6.45) is 4.62. The van der Waals surface area contributed by atoms with Crippen molar-refractivity contribution >= 4 is 56.2 Å². The van der Waals surface area contributed by atoms with Crippen molar-refractivity contribution in [1.82, 2.24) is 14.6 Å². The van der Waals surface area contributed by atoms with E-state index in [2.05, 4.69) is 77.9 Å². The largest absolute Gasteiger partial charge is 0.467 e. The molecule has 0 N–H and O–H groups in total. The molecule has 1 aliphatic rings. The molecule has 0 spiro atoms. The molecule has 0 aromatic carbocycles. The summed E-state index contributed by atoms with van der Waals surface area (Å²) in [4.78, 5) is 19.6. The van der Waals surface area contributed by atoms with Crippen molar-refractivity contribution in [3.63, 3.8) is 0 Å². The molecular formula is C27H47IN4O5Si2. The highest BCUT2D eigenvalue weighted by molar-refractivity contribution is 14.1. The van der Waals surface area contributed by atoms with Crippen LogP contribution < -0.4 is 4.90 Å². The molecule has 0 atom stereocenters. The normalized spacial score (nSPS) is 20.4. The Kier molecular flexibility index (Phi) is 11.4. The van der Waals surface area contributed by atoms with Crippen molar-refractivity contribution in [1.29, 1.82) is 0 Å². The number of esters is 1. The van der Waals surface area contributed by atoms with E-state index in [1.807, 2.05) is 10.7 Å². The Morgan fingerprint density at radius 3 is 2.10 bits per heavy atom. The number of hydrogen-bond donors (Lipinski definition) is 0. The summed E-state index contributed by atoms with van der Waals surface area (Å²) < 4.78 is 26.0. The van der Waals surface area contributed by atoms with Crippen LogP contribution in [-0.4, -0.2) is 83.2 Å². The highest BCUT2D eigenvalue weighted by atomic mass is 127. The molecule has 39 heavy (non-hydrogen) atoms. The van der Waals surface area contributed by atoms with Crippen LogP contribution in [0.5, 0.6) is 0 Å². The lowest BCUT2D eigenvalue weighted by atomic mass is 9.77. The van der Waals surface area contributed by atoms with E-state index in [1.54, 1.807) is 7.11 Å². The van der Waals surface area contributed by atoms with Crippen molar-refractivity contribution in [2.24, 2.45) is 0 Å². The van der Waals surface area contributed by atoms with Crippen LogP contribution in [0, 0.1) is 3.57 Å². The van der Waals surface area contributed by atoms with Gasteiger partial charge in [0.15, 0.2) is 11.2 Å². The second kappa shape index (κ2) is 13.7. The van der Waals surface area contributed by atoms with Gasteiger partial charge in [0, 0.05) is 54.1 Å². The van der Waals surface area contributed by atoms with Gasteiger partial charge >= 0.3 is 5.97 Å². The van der Waals surface area contributed by atoms with Crippen LogP contribution in [0.25, 0.3) is 5.65 Å². The molecule has 1 fully saturated rings. The maximum atomic E-state index is 12.5. The van der Waals surface area contributed by atoms with Crippen molar-refractivity contribution in [2.45, 2.75) is 88.6 Å². The standard InChI is InChI=1S/C27H47IN4O5Si2/c1-34-26(33)27(35-2)11-9-21(10-12-27)23-17-24(32-25(30-23)22(28)18-29-32)31(19-36-13-15-38(3,4)5)20-37-14-16-39(6,7)8/h17-18,21H,9-16,19-20H2,1-8H3/t21-,27+. The first kappa shape index (κ1) is 32.4. The van der Waals surface area contributed by atoms with Crippen molar-refractivity contribution < 1.29 is 23.7 Å². The number of fused-ring (bicyclic) bond motifs is 1. The van der Waals surface area contributed by atoms with Crippen LogP contribution in [0.4, 0.5) is 5.82 Å². The zero-order chi connectivity index (χ0) is 28.8. The van der Waals surface area contributed by atoms with Gasteiger partial charge < -0.3 is 23.8 Å². The minimum Gasteiger partial charge on any atom is -0.467 e. The topological polar surface area (TPSA) is 87.4 Å². The Hall–Kier alpha value is -1.07. The predicted molar refractivity (Wildman–Crippen MR) is 169 cm³/mol. The van der Waals surface area contributed by atoms with Crippen molar-refractivity contribution in [3.8, 4) is 0 Å². The van der Waals surface area contributed by atoms with Gasteiger partial charge in [-0.3, -0.25) is 0 Å². The van der Waals surface area contributed by atoms with Gasteiger partial charge in [-0.1, -0.05) is 39.3 Å². The fourth-order valence-electron chi connectivity index (χ4n) is 4.71. The van der Waals surface area contributed by atoms with Crippen molar-refractivity contribution in [2.75, 3.05) is 45.8 Å². The molecule has 2 aromatic heterocycles. The fraction of sp³-hybridized carbons (Fsp3) is 0.741. The maximum absolute atomic E-state index is 12.5. The fourth-order valence-corrected chi connectivity index (χ4v) is 6.69. The molecule has 0 unspecified atom stereocenters. The zero-order valence-electron chi connectivity index (χ0n) is 25.0. The van der Waals surface area contributed by atoms with Gasteiger partial charge in [-0.15, -0.1) is 0 Å². The van der Waals surface area contributed by atoms with Gasteiger partial charge in [0.05, 0.1) is 16.9 Å². The number of ether oxygens (including phenoxy) is 4. The molecule has 0 aliphatic heterocycles. The Bertz CT molecular complexity index is 1070. The van der Waals surface area contributed by atoms with Crippen molar-refractivity contribution in [3.05, 3.63) is 21.5 Å². The first-order valence-electron chi connectivity index (χ1n) is 13.9. The zero-order valence-corrected chi connectivity index (χ0v) is 29.2. The lowest BCUT2D eigenvalue weighted by Crippen LogP contribution is -2.44. The molecule has 1 aliphatic carbocycles. The molecule has 1 saturated carbocycles. The van der Waals surface area contributed by atoms with E-state index >= 15 is 0 Å². The number of rotatable bonds is 14. The monoisotopic (exact) mass is 690 g/mol. The van der Waals surface area contributed by atoms with E-state index in [1.165, 1.54) is 7.11 Å². The molecule has 0 bridgehead atoms. The smallest absolute Gasteiger partial charge is 0.338 e. The van der Waals surface area contributed by atoms with Crippen LogP contribution in [0.2, 0.25) is 51.4 Å². The number of carbonyl (C=O) groups is 1. The van der Waals surface area contributed by atoms with E-state index in [-0.39, 0.29) is 11.9 Å². The molecule has 0 amide bonds. The quantitative estimate of drug-likeness (QED) is 0.0787.